The summed E-state index contributed by atoms with van der Waals surface area (Å²) >= 11 is 0. The molecule has 0 aliphatic heterocycles. The maximum absolute atomic E-state index is 2.44. The van der Waals surface area contributed by atoms with E-state index in [9.17, 15) is 0 Å². The van der Waals surface area contributed by atoms with Gasteiger partial charge in [-0.05, 0) is 38.3 Å². The van der Waals surface area contributed by atoms with Crippen LogP contribution in [0.15, 0.2) is 0 Å². The van der Waals surface area contributed by atoms with E-state index in [0.717, 1.165) is 23.8 Å². The maximum Gasteiger partial charge on any atom is 0.0117 e. The highest BCUT2D eigenvalue weighted by Gasteiger charge is 2.21. The standard InChI is InChI=1S/C19H41N/c1-16(2)14-12-10-8-9-11-13-15-19(20(6)7)18(5)17(3)4/h16-19H,8-15H2,1-7H3. The Morgan fingerprint density at radius 3 is 1.50 bits per heavy atom. The summed E-state index contributed by atoms with van der Waals surface area (Å²) in [6, 6.07) is 0.760. The van der Waals surface area contributed by atoms with Crippen molar-refractivity contribution in [3.63, 3.8) is 0 Å². The molecule has 0 amide bonds. The van der Waals surface area contributed by atoms with Gasteiger partial charge in [-0.3, -0.25) is 0 Å². The lowest BCUT2D eigenvalue weighted by atomic mass is 9.86. The number of hydrogen-bond acceptors (Lipinski definition) is 1. The molecule has 0 bridgehead atoms. The Hall–Kier alpha value is -0.0400. The largest absolute Gasteiger partial charge is 0.306 e. The van der Waals surface area contributed by atoms with E-state index in [-0.39, 0.29) is 0 Å². The van der Waals surface area contributed by atoms with Crippen molar-refractivity contribution in [2.45, 2.75) is 92.0 Å². The van der Waals surface area contributed by atoms with Crippen LogP contribution in [0.25, 0.3) is 0 Å². The Balaban J connectivity index is 3.65. The summed E-state index contributed by atoms with van der Waals surface area (Å²) in [5.41, 5.74) is 0. The van der Waals surface area contributed by atoms with E-state index in [1.165, 1.54) is 51.4 Å². The first-order chi connectivity index (χ1) is 9.36. The van der Waals surface area contributed by atoms with Gasteiger partial charge >= 0.3 is 0 Å². The molecule has 2 atom stereocenters. The van der Waals surface area contributed by atoms with Crippen molar-refractivity contribution < 1.29 is 0 Å². The van der Waals surface area contributed by atoms with E-state index >= 15 is 0 Å². The molecule has 0 fully saturated rings. The van der Waals surface area contributed by atoms with Crippen molar-refractivity contribution in [3.8, 4) is 0 Å². The monoisotopic (exact) mass is 283 g/mol. The van der Waals surface area contributed by atoms with E-state index < -0.39 is 0 Å². The molecule has 2 unspecified atom stereocenters. The van der Waals surface area contributed by atoms with Crippen LogP contribution in [0.3, 0.4) is 0 Å². The van der Waals surface area contributed by atoms with Gasteiger partial charge in [0, 0.05) is 6.04 Å². The molecule has 0 spiro atoms. The molecule has 0 aliphatic carbocycles. The van der Waals surface area contributed by atoms with Crippen LogP contribution in [-0.2, 0) is 0 Å². The van der Waals surface area contributed by atoms with Crippen molar-refractivity contribution in [1.82, 2.24) is 4.90 Å². The first-order valence-corrected chi connectivity index (χ1v) is 9.02. The maximum atomic E-state index is 2.44. The van der Waals surface area contributed by atoms with Crippen LogP contribution in [0, 0.1) is 17.8 Å². The van der Waals surface area contributed by atoms with E-state index in [2.05, 4.69) is 53.6 Å². The minimum absolute atomic E-state index is 0.760. The molecule has 0 radical (unpaired) electrons. The summed E-state index contributed by atoms with van der Waals surface area (Å²) in [7, 11) is 4.49. The van der Waals surface area contributed by atoms with Crippen molar-refractivity contribution >= 4 is 0 Å². The van der Waals surface area contributed by atoms with Gasteiger partial charge in [0.2, 0.25) is 0 Å². The quantitative estimate of drug-likeness (QED) is 0.398. The zero-order valence-corrected chi connectivity index (χ0v) is 15.4. The highest BCUT2D eigenvalue weighted by Crippen LogP contribution is 2.23. The summed E-state index contributed by atoms with van der Waals surface area (Å²) in [6.07, 6.45) is 11.4. The average molecular weight is 284 g/mol. The summed E-state index contributed by atoms with van der Waals surface area (Å²) in [5.74, 6) is 2.47. The van der Waals surface area contributed by atoms with Gasteiger partial charge in [-0.2, -0.15) is 0 Å². The summed E-state index contributed by atoms with van der Waals surface area (Å²) < 4.78 is 0. The highest BCUT2D eigenvalue weighted by molar-refractivity contribution is 4.75. The van der Waals surface area contributed by atoms with Gasteiger partial charge < -0.3 is 4.90 Å². The second-order valence-corrected chi connectivity index (χ2v) is 7.73. The third-order valence-corrected chi connectivity index (χ3v) is 4.85. The summed E-state index contributed by atoms with van der Waals surface area (Å²) in [5, 5.41) is 0. The molecule has 0 saturated heterocycles. The average Bonchev–Trinajstić information content (AvgIpc) is 2.35. The first kappa shape index (κ1) is 20.0. The molecule has 0 heterocycles. The molecule has 1 nitrogen and oxygen atoms in total. The summed E-state index contributed by atoms with van der Waals surface area (Å²) in [6.45, 7) is 11.8. The molecule has 0 saturated carbocycles. The van der Waals surface area contributed by atoms with Crippen LogP contribution in [0.1, 0.15) is 86.0 Å². The number of rotatable bonds is 12. The lowest BCUT2D eigenvalue weighted by molar-refractivity contribution is 0.168. The molecule has 0 aromatic carbocycles. The lowest BCUT2D eigenvalue weighted by Gasteiger charge is -2.32. The minimum atomic E-state index is 0.760. The fourth-order valence-corrected chi connectivity index (χ4v) is 3.05. The zero-order valence-electron chi connectivity index (χ0n) is 15.4. The highest BCUT2D eigenvalue weighted by atomic mass is 15.1. The molecule has 122 valence electrons. The van der Waals surface area contributed by atoms with E-state index in [4.69, 9.17) is 0 Å². The number of unbranched alkanes of at least 4 members (excludes halogenated alkanes) is 5. The minimum Gasteiger partial charge on any atom is -0.306 e. The van der Waals surface area contributed by atoms with Crippen LogP contribution in [0.2, 0.25) is 0 Å². The van der Waals surface area contributed by atoms with Crippen LogP contribution < -0.4 is 0 Å². The van der Waals surface area contributed by atoms with Crippen LogP contribution in [0.4, 0.5) is 0 Å². The first-order valence-electron chi connectivity index (χ1n) is 9.02. The van der Waals surface area contributed by atoms with E-state index in [1.807, 2.05) is 0 Å². The topological polar surface area (TPSA) is 3.24 Å². The second kappa shape index (κ2) is 11.6. The summed E-state index contributed by atoms with van der Waals surface area (Å²) in [4.78, 5) is 2.44. The Labute approximate surface area is 129 Å². The van der Waals surface area contributed by atoms with Crippen molar-refractivity contribution in [2.24, 2.45) is 17.8 Å². The molecule has 1 heteroatoms. The number of nitrogens with zero attached hydrogens (tertiary/aromatic N) is 1. The van der Waals surface area contributed by atoms with Gasteiger partial charge in [-0.15, -0.1) is 0 Å². The van der Waals surface area contributed by atoms with Crippen molar-refractivity contribution in [1.29, 1.82) is 0 Å². The fraction of sp³-hybridized carbons (Fsp3) is 1.00. The molecular weight excluding hydrogens is 242 g/mol. The Bertz CT molecular complexity index is 208. The predicted molar refractivity (Wildman–Crippen MR) is 93.3 cm³/mol. The van der Waals surface area contributed by atoms with Crippen LogP contribution >= 0.6 is 0 Å². The molecule has 0 N–H and O–H groups in total. The van der Waals surface area contributed by atoms with Crippen molar-refractivity contribution in [3.05, 3.63) is 0 Å². The van der Waals surface area contributed by atoms with Crippen molar-refractivity contribution in [2.75, 3.05) is 14.1 Å². The molecule has 0 aromatic rings. The van der Waals surface area contributed by atoms with Gasteiger partial charge in [0.15, 0.2) is 0 Å². The Morgan fingerprint density at radius 2 is 1.10 bits per heavy atom. The Morgan fingerprint density at radius 1 is 0.650 bits per heavy atom. The molecule has 0 aliphatic rings. The predicted octanol–water partition coefficient (Wildman–Crippen LogP) is 5.99. The lowest BCUT2D eigenvalue weighted by Crippen LogP contribution is -2.36. The van der Waals surface area contributed by atoms with Crippen LogP contribution in [0.5, 0.6) is 0 Å². The molecule has 20 heavy (non-hydrogen) atoms. The van der Waals surface area contributed by atoms with Gasteiger partial charge in [-0.25, -0.2) is 0 Å². The second-order valence-electron chi connectivity index (χ2n) is 7.73. The van der Waals surface area contributed by atoms with Gasteiger partial charge in [-0.1, -0.05) is 79.6 Å². The van der Waals surface area contributed by atoms with E-state index in [0.29, 0.717) is 0 Å². The Kier molecular flexibility index (Phi) is 11.6. The normalized spacial score (nSPS) is 15.3. The van der Waals surface area contributed by atoms with Gasteiger partial charge in [0.05, 0.1) is 0 Å². The fourth-order valence-electron chi connectivity index (χ4n) is 3.05. The smallest absolute Gasteiger partial charge is 0.0117 e. The van der Waals surface area contributed by atoms with E-state index in [1.54, 1.807) is 0 Å². The third-order valence-electron chi connectivity index (χ3n) is 4.85. The van der Waals surface area contributed by atoms with Gasteiger partial charge in [0.1, 0.15) is 0 Å². The number of hydrogen-bond donors (Lipinski definition) is 0. The SMILES string of the molecule is CC(C)CCCCCCCCC(C(C)C(C)C)N(C)C. The van der Waals surface area contributed by atoms with Crippen LogP contribution in [-0.4, -0.2) is 25.0 Å². The zero-order chi connectivity index (χ0) is 15.5. The molecular formula is C19H41N. The molecule has 0 rings (SSSR count). The molecule has 0 aromatic heterocycles. The third kappa shape index (κ3) is 9.80. The van der Waals surface area contributed by atoms with Gasteiger partial charge in [0.25, 0.3) is 0 Å².